The first kappa shape index (κ1) is 36.6. The van der Waals surface area contributed by atoms with Gasteiger partial charge in [-0.25, -0.2) is 0 Å². The molecule has 2 N–H and O–H groups in total. The molecule has 0 unspecified atom stereocenters. The summed E-state index contributed by atoms with van der Waals surface area (Å²) in [4.78, 5) is 20.5. The molecule has 0 atom stereocenters. The van der Waals surface area contributed by atoms with Crippen LogP contribution in [0.4, 0.5) is 0 Å². The fourth-order valence-electron chi connectivity index (χ4n) is 3.53. The van der Waals surface area contributed by atoms with Crippen molar-refractivity contribution in [2.24, 2.45) is 0 Å². The number of carboxylic acid groups (broad SMARTS) is 2. The van der Waals surface area contributed by atoms with Crippen molar-refractivity contribution < 1.29 is 39.3 Å². The molecule has 0 saturated carbocycles. The van der Waals surface area contributed by atoms with Crippen LogP contribution in [0, 0.1) is 0 Å². The first-order valence-corrected chi connectivity index (χ1v) is 13.2. The summed E-state index contributed by atoms with van der Waals surface area (Å²) in [6, 6.07) is 0. The maximum absolute atomic E-state index is 10.3. The van der Waals surface area contributed by atoms with Crippen molar-refractivity contribution in [1.29, 1.82) is 0 Å². The predicted molar refractivity (Wildman–Crippen MR) is 137 cm³/mol. The van der Waals surface area contributed by atoms with E-state index in [1.807, 2.05) is 0 Å². The number of unbranched alkanes of at least 4 members (excludes halogenated alkanes) is 16. The van der Waals surface area contributed by atoms with Gasteiger partial charge in [-0.05, 0) is 52.4 Å². The van der Waals surface area contributed by atoms with Crippen LogP contribution in [-0.4, -0.2) is 22.2 Å². The molecule has 0 aromatic rings. The summed E-state index contributed by atoms with van der Waals surface area (Å²) >= 11 is 0. The zero-order valence-electron chi connectivity index (χ0n) is 21.9. The minimum atomic E-state index is -0.663. The van der Waals surface area contributed by atoms with E-state index in [4.69, 9.17) is 10.2 Å². The molecule has 0 aliphatic carbocycles. The largest absolute Gasteiger partial charge is 0.481 e. The van der Waals surface area contributed by atoms with Crippen LogP contribution in [0.25, 0.3) is 0 Å². The van der Waals surface area contributed by atoms with Crippen molar-refractivity contribution in [3.05, 3.63) is 24.3 Å². The molecule has 0 heterocycles. The van der Waals surface area contributed by atoms with Crippen molar-refractivity contribution in [1.82, 2.24) is 0 Å². The van der Waals surface area contributed by atoms with Crippen LogP contribution in [0.3, 0.4) is 0 Å². The van der Waals surface area contributed by atoms with Gasteiger partial charge >= 0.3 is 11.9 Å². The Hall–Kier alpha value is -0.957. The van der Waals surface area contributed by atoms with Gasteiger partial charge in [-0.2, -0.15) is 0 Å². The molecular formula is C28H52O4Zn. The average Bonchev–Trinajstić information content (AvgIpc) is 2.76. The standard InChI is InChI=1S/2C14H26O2.Zn/c2*1-2-3-4-5-6-7-8-9-10-11-12-13-14(15)16;/h2*2-3H,4-13H2,1H3,(H,15,16);. The second-order valence-electron chi connectivity index (χ2n) is 8.66. The van der Waals surface area contributed by atoms with E-state index >= 15 is 0 Å². The monoisotopic (exact) mass is 516 g/mol. The van der Waals surface area contributed by atoms with Crippen LogP contribution in [0.15, 0.2) is 24.3 Å². The molecule has 0 aliphatic rings. The SMILES string of the molecule is CC=CCCCCCCCCCCC(=O)O.CC=CCCCCCCCCCCC(=O)O.[Zn]. The van der Waals surface area contributed by atoms with Crippen molar-refractivity contribution in [2.75, 3.05) is 0 Å². The maximum Gasteiger partial charge on any atom is 0.303 e. The van der Waals surface area contributed by atoms with Gasteiger partial charge in [-0.1, -0.05) is 101 Å². The molecule has 0 aromatic heterocycles. The average molecular weight is 518 g/mol. The zero-order valence-corrected chi connectivity index (χ0v) is 24.8. The Morgan fingerprint density at radius 1 is 0.485 bits per heavy atom. The normalized spacial score (nSPS) is 10.7. The minimum Gasteiger partial charge on any atom is -0.481 e. The second-order valence-corrected chi connectivity index (χ2v) is 8.66. The van der Waals surface area contributed by atoms with Crippen LogP contribution in [0.1, 0.15) is 142 Å². The van der Waals surface area contributed by atoms with Gasteiger partial charge < -0.3 is 10.2 Å². The minimum absolute atomic E-state index is 0. The third kappa shape index (κ3) is 41.8. The Bertz CT molecular complexity index is 419. The number of carboxylic acids is 2. The summed E-state index contributed by atoms with van der Waals surface area (Å²) in [5.41, 5.74) is 0. The van der Waals surface area contributed by atoms with Gasteiger partial charge in [0.1, 0.15) is 0 Å². The van der Waals surface area contributed by atoms with Crippen LogP contribution < -0.4 is 0 Å². The number of rotatable bonds is 22. The van der Waals surface area contributed by atoms with Gasteiger partial charge in [0.25, 0.3) is 0 Å². The Balaban J connectivity index is -0.000000529. The number of aliphatic carboxylic acids is 2. The predicted octanol–water partition coefficient (Wildman–Crippen LogP) is 9.09. The molecule has 0 spiro atoms. The summed E-state index contributed by atoms with van der Waals surface area (Å²) in [5, 5.41) is 16.9. The summed E-state index contributed by atoms with van der Waals surface area (Å²) in [6.07, 6.45) is 31.1. The van der Waals surface area contributed by atoms with Crippen molar-refractivity contribution >= 4 is 11.9 Å². The van der Waals surface area contributed by atoms with Crippen molar-refractivity contribution in [2.45, 2.75) is 142 Å². The molecule has 190 valence electrons. The summed E-state index contributed by atoms with van der Waals surface area (Å²) in [6.45, 7) is 4.13. The molecule has 0 saturated heterocycles. The fraction of sp³-hybridized carbons (Fsp3) is 0.786. The molecule has 0 radical (unpaired) electrons. The Morgan fingerprint density at radius 2 is 0.727 bits per heavy atom. The molecule has 0 amide bonds. The molecule has 0 rings (SSSR count). The molecule has 0 aliphatic heterocycles. The van der Waals surface area contributed by atoms with Crippen molar-refractivity contribution in [3.63, 3.8) is 0 Å². The topological polar surface area (TPSA) is 74.6 Å². The van der Waals surface area contributed by atoms with Gasteiger partial charge in [0.2, 0.25) is 0 Å². The van der Waals surface area contributed by atoms with E-state index in [0.29, 0.717) is 12.8 Å². The third-order valence-electron chi connectivity index (χ3n) is 5.49. The maximum atomic E-state index is 10.3. The second kappa shape index (κ2) is 33.2. The summed E-state index contributed by atoms with van der Waals surface area (Å²) < 4.78 is 0. The quantitative estimate of drug-likeness (QED) is 0.0852. The first-order chi connectivity index (χ1) is 15.5. The van der Waals surface area contributed by atoms with Gasteiger partial charge in [0.15, 0.2) is 0 Å². The van der Waals surface area contributed by atoms with Gasteiger partial charge in [-0.15, -0.1) is 0 Å². The van der Waals surface area contributed by atoms with Gasteiger partial charge in [-0.3, -0.25) is 9.59 Å². The van der Waals surface area contributed by atoms with E-state index in [9.17, 15) is 9.59 Å². The van der Waals surface area contributed by atoms with Crippen molar-refractivity contribution in [3.8, 4) is 0 Å². The van der Waals surface area contributed by atoms with Crippen LogP contribution in [0.5, 0.6) is 0 Å². The van der Waals surface area contributed by atoms with E-state index in [-0.39, 0.29) is 19.5 Å². The first-order valence-electron chi connectivity index (χ1n) is 13.2. The molecule has 33 heavy (non-hydrogen) atoms. The molecule has 4 nitrogen and oxygen atoms in total. The molecule has 0 fully saturated rings. The molecule has 0 aromatic carbocycles. The van der Waals surface area contributed by atoms with Gasteiger partial charge in [0, 0.05) is 32.3 Å². The Kier molecular flexibility index (Phi) is 36.9. The molecule has 0 bridgehead atoms. The third-order valence-corrected chi connectivity index (χ3v) is 5.49. The zero-order chi connectivity index (χ0) is 24.1. The Morgan fingerprint density at radius 3 is 0.970 bits per heavy atom. The van der Waals surface area contributed by atoms with E-state index in [0.717, 1.165) is 25.7 Å². The van der Waals surface area contributed by atoms with E-state index < -0.39 is 11.9 Å². The summed E-state index contributed by atoms with van der Waals surface area (Å²) in [7, 11) is 0. The van der Waals surface area contributed by atoms with Crippen LogP contribution in [-0.2, 0) is 29.1 Å². The van der Waals surface area contributed by atoms with Crippen LogP contribution in [0.2, 0.25) is 0 Å². The fourth-order valence-corrected chi connectivity index (χ4v) is 3.53. The number of hydrogen-bond donors (Lipinski definition) is 2. The molecular weight excluding hydrogens is 466 g/mol. The number of allylic oxidation sites excluding steroid dienone is 4. The number of hydrogen-bond acceptors (Lipinski definition) is 2. The number of carbonyl (C=O) groups is 2. The smallest absolute Gasteiger partial charge is 0.303 e. The van der Waals surface area contributed by atoms with E-state index in [1.54, 1.807) is 0 Å². The van der Waals surface area contributed by atoms with Gasteiger partial charge in [0.05, 0.1) is 0 Å². The molecule has 5 heteroatoms. The van der Waals surface area contributed by atoms with E-state index in [1.165, 1.54) is 89.9 Å². The van der Waals surface area contributed by atoms with E-state index in [2.05, 4.69) is 38.2 Å². The van der Waals surface area contributed by atoms with Crippen LogP contribution >= 0.6 is 0 Å². The Labute approximate surface area is 217 Å². The summed E-state index contributed by atoms with van der Waals surface area (Å²) in [5.74, 6) is -1.33.